The van der Waals surface area contributed by atoms with Crippen molar-refractivity contribution in [3.63, 3.8) is 0 Å². The van der Waals surface area contributed by atoms with Crippen molar-refractivity contribution in [1.82, 2.24) is 15.1 Å². The molecule has 0 aromatic rings. The summed E-state index contributed by atoms with van der Waals surface area (Å²) in [5.74, 6) is 2.65. The third kappa shape index (κ3) is 7.32. The smallest absolute Gasteiger partial charge is 0.407 e. The molecule has 1 aliphatic rings. The lowest BCUT2D eigenvalue weighted by Crippen LogP contribution is -2.43. The van der Waals surface area contributed by atoms with Crippen LogP contribution in [0, 0.1) is 12.3 Å². The molecule has 0 aliphatic carbocycles. The van der Waals surface area contributed by atoms with Crippen LogP contribution in [0.4, 0.5) is 4.79 Å². The van der Waals surface area contributed by atoms with Crippen molar-refractivity contribution in [2.24, 2.45) is 0 Å². The van der Waals surface area contributed by atoms with Gasteiger partial charge in [0.2, 0.25) is 5.91 Å². The highest BCUT2D eigenvalue weighted by molar-refractivity contribution is 5.78. The number of ether oxygens (including phenoxy) is 1. The molecule has 6 nitrogen and oxygen atoms in total. The van der Waals surface area contributed by atoms with Gasteiger partial charge < -0.3 is 15.0 Å². The first-order valence-electron chi connectivity index (χ1n) is 7.72. The normalized spacial score (nSPS) is 14.8. The van der Waals surface area contributed by atoms with Crippen LogP contribution in [0.2, 0.25) is 0 Å². The number of nitrogens with zero attached hydrogens (tertiary/aromatic N) is 2. The third-order valence-electron chi connectivity index (χ3n) is 3.23. The molecule has 6 heteroatoms. The van der Waals surface area contributed by atoms with Crippen molar-refractivity contribution >= 4 is 12.0 Å². The zero-order chi connectivity index (χ0) is 16.6. The van der Waals surface area contributed by atoms with E-state index in [1.807, 2.05) is 30.6 Å². The van der Waals surface area contributed by atoms with Gasteiger partial charge in [-0.25, -0.2) is 4.79 Å². The predicted octanol–water partition coefficient (Wildman–Crippen LogP) is 1.07. The summed E-state index contributed by atoms with van der Waals surface area (Å²) in [5.41, 5.74) is -0.520. The topological polar surface area (TPSA) is 61.9 Å². The van der Waals surface area contributed by atoms with Crippen molar-refractivity contribution in [2.45, 2.75) is 39.2 Å². The number of rotatable bonds is 6. The van der Waals surface area contributed by atoms with E-state index in [4.69, 9.17) is 11.2 Å². The molecule has 124 valence electrons. The second-order valence-corrected chi connectivity index (χ2v) is 6.43. The first-order valence-corrected chi connectivity index (χ1v) is 7.72. The lowest BCUT2D eigenvalue weighted by Gasteiger charge is -2.24. The van der Waals surface area contributed by atoms with Crippen molar-refractivity contribution in [3.8, 4) is 12.3 Å². The van der Waals surface area contributed by atoms with Crippen molar-refractivity contribution in [3.05, 3.63) is 0 Å². The summed E-state index contributed by atoms with van der Waals surface area (Å²) in [6, 6.07) is 0. The average molecular weight is 309 g/mol. The lowest BCUT2D eigenvalue weighted by molar-refractivity contribution is -0.131. The van der Waals surface area contributed by atoms with Crippen LogP contribution in [0.5, 0.6) is 0 Å². The predicted molar refractivity (Wildman–Crippen MR) is 85.3 cm³/mol. The molecule has 0 radical (unpaired) electrons. The fourth-order valence-corrected chi connectivity index (χ4v) is 2.23. The van der Waals surface area contributed by atoms with E-state index >= 15 is 0 Å². The fourth-order valence-electron chi connectivity index (χ4n) is 2.23. The van der Waals surface area contributed by atoms with Crippen molar-refractivity contribution < 1.29 is 14.3 Å². The quantitative estimate of drug-likeness (QED) is 0.746. The van der Waals surface area contributed by atoms with Gasteiger partial charge in [0.15, 0.2) is 0 Å². The Morgan fingerprint density at radius 3 is 2.50 bits per heavy atom. The van der Waals surface area contributed by atoms with Crippen LogP contribution in [-0.4, -0.2) is 66.7 Å². The van der Waals surface area contributed by atoms with Crippen LogP contribution in [-0.2, 0) is 9.53 Å². The van der Waals surface area contributed by atoms with E-state index in [-0.39, 0.29) is 5.91 Å². The molecule has 1 rings (SSSR count). The maximum Gasteiger partial charge on any atom is 0.407 e. The molecule has 1 heterocycles. The van der Waals surface area contributed by atoms with E-state index in [1.165, 1.54) is 0 Å². The summed E-state index contributed by atoms with van der Waals surface area (Å²) in [6.07, 6.45) is 7.03. The SMILES string of the molecule is C#CCN(CCNC(=O)OC(C)(C)C)CC(=O)N1CCCC1. The molecule has 22 heavy (non-hydrogen) atoms. The number of hydrogen-bond acceptors (Lipinski definition) is 4. The highest BCUT2D eigenvalue weighted by atomic mass is 16.6. The minimum absolute atomic E-state index is 0.102. The summed E-state index contributed by atoms with van der Waals surface area (Å²) >= 11 is 0. The number of amides is 2. The molecule has 0 aromatic carbocycles. The standard InChI is InChI=1S/C16H27N3O3/c1-5-9-18(13-14(20)19-10-6-7-11-19)12-8-17-15(21)22-16(2,3)4/h1H,6-13H2,2-4H3,(H,17,21). The Morgan fingerprint density at radius 2 is 1.95 bits per heavy atom. The molecule has 0 aromatic heterocycles. The Kier molecular flexibility index (Phi) is 7.19. The van der Waals surface area contributed by atoms with E-state index in [9.17, 15) is 9.59 Å². The van der Waals surface area contributed by atoms with E-state index in [0.29, 0.717) is 26.2 Å². The highest BCUT2D eigenvalue weighted by Gasteiger charge is 2.20. The maximum atomic E-state index is 12.1. The molecular formula is C16H27N3O3. The Morgan fingerprint density at radius 1 is 1.32 bits per heavy atom. The molecule has 0 unspecified atom stereocenters. The second kappa shape index (κ2) is 8.64. The third-order valence-corrected chi connectivity index (χ3v) is 3.23. The zero-order valence-corrected chi connectivity index (χ0v) is 13.9. The van der Waals surface area contributed by atoms with Crippen molar-refractivity contribution in [2.75, 3.05) is 39.3 Å². The Bertz CT molecular complexity index is 417. The summed E-state index contributed by atoms with van der Waals surface area (Å²) < 4.78 is 5.16. The van der Waals surface area contributed by atoms with Gasteiger partial charge in [0.1, 0.15) is 5.60 Å². The van der Waals surface area contributed by atoms with Crippen LogP contribution in [0.25, 0.3) is 0 Å². The van der Waals surface area contributed by atoms with Gasteiger partial charge in [0, 0.05) is 26.2 Å². The van der Waals surface area contributed by atoms with E-state index in [2.05, 4.69) is 11.2 Å². The zero-order valence-electron chi connectivity index (χ0n) is 13.9. The second-order valence-electron chi connectivity index (χ2n) is 6.43. The summed E-state index contributed by atoms with van der Waals surface area (Å²) in [5, 5.41) is 2.67. The molecule has 0 atom stereocenters. The molecule has 0 saturated carbocycles. The van der Waals surface area contributed by atoms with Gasteiger partial charge in [-0.15, -0.1) is 6.42 Å². The first kappa shape index (κ1) is 18.3. The molecule has 0 bridgehead atoms. The van der Waals surface area contributed by atoms with Gasteiger partial charge in [-0.2, -0.15) is 0 Å². The van der Waals surface area contributed by atoms with Crippen LogP contribution >= 0.6 is 0 Å². The minimum Gasteiger partial charge on any atom is -0.444 e. The molecule has 1 fully saturated rings. The van der Waals surface area contributed by atoms with Gasteiger partial charge in [0.05, 0.1) is 13.1 Å². The molecule has 1 saturated heterocycles. The number of hydrogen-bond donors (Lipinski definition) is 1. The highest BCUT2D eigenvalue weighted by Crippen LogP contribution is 2.08. The Labute approximate surface area is 133 Å². The lowest BCUT2D eigenvalue weighted by atomic mass is 10.2. The van der Waals surface area contributed by atoms with Gasteiger partial charge in [-0.1, -0.05) is 5.92 Å². The molecule has 1 N–H and O–H groups in total. The largest absolute Gasteiger partial charge is 0.444 e. The van der Waals surface area contributed by atoms with Gasteiger partial charge >= 0.3 is 6.09 Å². The van der Waals surface area contributed by atoms with Crippen LogP contribution in [0.3, 0.4) is 0 Å². The minimum atomic E-state index is -0.520. The van der Waals surface area contributed by atoms with Crippen LogP contribution < -0.4 is 5.32 Å². The van der Waals surface area contributed by atoms with Crippen LogP contribution in [0.15, 0.2) is 0 Å². The number of nitrogens with one attached hydrogen (secondary N) is 1. The molecule has 1 aliphatic heterocycles. The molecular weight excluding hydrogens is 282 g/mol. The van der Waals surface area contributed by atoms with Crippen molar-refractivity contribution in [1.29, 1.82) is 0 Å². The van der Waals surface area contributed by atoms with Gasteiger partial charge in [-0.3, -0.25) is 9.69 Å². The molecule has 0 spiro atoms. The number of carbonyl (C=O) groups excluding carboxylic acids is 2. The molecule has 2 amide bonds. The summed E-state index contributed by atoms with van der Waals surface area (Å²) in [7, 11) is 0. The summed E-state index contributed by atoms with van der Waals surface area (Å²) in [4.78, 5) is 27.4. The number of likely N-dealkylation sites (tertiary alicyclic amines) is 1. The van der Waals surface area contributed by atoms with E-state index in [1.54, 1.807) is 0 Å². The number of alkyl carbamates (subject to hydrolysis) is 1. The van der Waals surface area contributed by atoms with E-state index in [0.717, 1.165) is 25.9 Å². The number of terminal acetylenes is 1. The summed E-state index contributed by atoms with van der Waals surface area (Å²) in [6.45, 7) is 8.68. The first-order chi connectivity index (χ1) is 10.3. The van der Waals surface area contributed by atoms with Crippen LogP contribution in [0.1, 0.15) is 33.6 Å². The Hall–Kier alpha value is -1.74. The maximum absolute atomic E-state index is 12.1. The van der Waals surface area contributed by atoms with E-state index < -0.39 is 11.7 Å². The average Bonchev–Trinajstić information content (AvgIpc) is 2.90. The van der Waals surface area contributed by atoms with Gasteiger partial charge in [-0.05, 0) is 33.6 Å². The van der Waals surface area contributed by atoms with Gasteiger partial charge in [0.25, 0.3) is 0 Å². The number of carbonyl (C=O) groups is 2. The monoisotopic (exact) mass is 309 g/mol. The Balaban J connectivity index is 2.33. The fraction of sp³-hybridized carbons (Fsp3) is 0.750.